The van der Waals surface area contributed by atoms with E-state index in [4.69, 9.17) is 19.2 Å². The average molecular weight is 186 g/mol. The molecule has 0 spiro atoms. The van der Waals surface area contributed by atoms with Crippen molar-refractivity contribution < 1.29 is 24.7 Å². The van der Waals surface area contributed by atoms with E-state index in [2.05, 4.69) is 0 Å². The summed E-state index contributed by atoms with van der Waals surface area (Å²) in [5, 5.41) is 0. The van der Waals surface area contributed by atoms with Crippen LogP contribution in [0, 0.1) is 0 Å². The zero-order valence-corrected chi connectivity index (χ0v) is 11.2. The van der Waals surface area contributed by atoms with Crippen molar-refractivity contribution in [3.05, 3.63) is 0 Å². The summed E-state index contributed by atoms with van der Waals surface area (Å²) in [7, 11) is -5.39. The second-order valence-electron chi connectivity index (χ2n) is 0.447. The quantitative estimate of drug-likeness (QED) is 0.278. The molecule has 0 amide bonds. The molecule has 0 aromatic carbocycles. The van der Waals surface area contributed by atoms with Crippen molar-refractivity contribution in [3.63, 3.8) is 0 Å². The SMILES string of the molecule is O.O=P([O-])([O-])[O-].[Al+3].[Na].[Na]. The molecule has 5 nitrogen and oxygen atoms in total. The Morgan fingerprint density at radius 2 is 1.00 bits per heavy atom. The van der Waals surface area contributed by atoms with Crippen LogP contribution in [0.15, 0.2) is 0 Å². The fourth-order valence-electron chi connectivity index (χ4n) is 0. The molecular formula is H2AlNa2O5P. The maximum atomic E-state index is 8.55. The van der Waals surface area contributed by atoms with E-state index in [0.717, 1.165) is 0 Å². The van der Waals surface area contributed by atoms with Crippen LogP contribution in [0.25, 0.3) is 0 Å². The van der Waals surface area contributed by atoms with Crippen molar-refractivity contribution in [2.24, 2.45) is 0 Å². The molecule has 0 aliphatic rings. The molecule has 0 fully saturated rings. The predicted octanol–water partition coefficient (Wildman–Crippen LogP) is -4.79. The summed E-state index contributed by atoms with van der Waals surface area (Å²) in [6.07, 6.45) is 0. The molecule has 0 saturated carbocycles. The fraction of sp³-hybridized carbons (Fsp3) is 0. The van der Waals surface area contributed by atoms with E-state index in [-0.39, 0.29) is 82.0 Å². The van der Waals surface area contributed by atoms with Gasteiger partial charge in [-0.15, -0.1) is 0 Å². The summed E-state index contributed by atoms with van der Waals surface area (Å²) in [5.74, 6) is 0. The van der Waals surface area contributed by atoms with Crippen LogP contribution < -0.4 is 14.7 Å². The summed E-state index contributed by atoms with van der Waals surface area (Å²) >= 11 is 0. The number of hydrogen-bond donors (Lipinski definition) is 0. The molecule has 0 aliphatic carbocycles. The van der Waals surface area contributed by atoms with Gasteiger partial charge < -0.3 is 24.7 Å². The third kappa shape index (κ3) is 116. The van der Waals surface area contributed by atoms with E-state index < -0.39 is 7.82 Å². The van der Waals surface area contributed by atoms with Gasteiger partial charge in [0, 0.05) is 59.1 Å². The Kier molecular flexibility index (Phi) is 43.9. The van der Waals surface area contributed by atoms with Crippen molar-refractivity contribution in [2.45, 2.75) is 0 Å². The minimum Gasteiger partial charge on any atom is -0.822 e. The van der Waals surface area contributed by atoms with Gasteiger partial charge in [-0.05, 0) is 0 Å². The Hall–Kier alpha value is 2.60. The van der Waals surface area contributed by atoms with Gasteiger partial charge >= 0.3 is 17.4 Å². The summed E-state index contributed by atoms with van der Waals surface area (Å²) < 4.78 is 8.55. The van der Waals surface area contributed by atoms with Crippen LogP contribution >= 0.6 is 7.82 Å². The molecule has 2 radical (unpaired) electrons. The van der Waals surface area contributed by atoms with Crippen molar-refractivity contribution >= 4 is 84.3 Å². The monoisotopic (exact) mass is 186 g/mol. The van der Waals surface area contributed by atoms with Crippen molar-refractivity contribution in [2.75, 3.05) is 0 Å². The zero-order valence-electron chi connectivity index (χ0n) is 5.16. The standard InChI is InChI=1S/Al.2Na.H3O4P.H2O/c;;;1-5(2,3)4;/h;;;(H3,1,2,3,4);1H2/q+3;;;;/p-3. The van der Waals surface area contributed by atoms with Crippen molar-refractivity contribution in [1.82, 2.24) is 0 Å². The van der Waals surface area contributed by atoms with E-state index in [1.165, 1.54) is 0 Å². The predicted molar refractivity (Wildman–Crippen MR) is 28.5 cm³/mol. The Bertz CT molecular complexity index is 61.1. The summed E-state index contributed by atoms with van der Waals surface area (Å²) in [4.78, 5) is 25.6. The largest absolute Gasteiger partial charge is 3.00 e. The fourth-order valence-corrected chi connectivity index (χ4v) is 0. The van der Waals surface area contributed by atoms with E-state index in [0.29, 0.717) is 0 Å². The van der Waals surface area contributed by atoms with Crippen molar-refractivity contribution in [3.8, 4) is 0 Å². The molecule has 0 bridgehead atoms. The van der Waals surface area contributed by atoms with Crippen LogP contribution in [-0.2, 0) is 4.57 Å². The summed E-state index contributed by atoms with van der Waals surface area (Å²) in [5.41, 5.74) is 0. The smallest absolute Gasteiger partial charge is 0.822 e. The summed E-state index contributed by atoms with van der Waals surface area (Å²) in [6, 6.07) is 0. The van der Waals surface area contributed by atoms with Gasteiger partial charge in [0.05, 0.1) is 0 Å². The molecule has 0 aromatic heterocycles. The first-order valence-corrected chi connectivity index (χ1v) is 2.19. The van der Waals surface area contributed by atoms with Gasteiger partial charge in [-0.3, -0.25) is 0 Å². The second kappa shape index (κ2) is 13.2. The van der Waals surface area contributed by atoms with Crippen LogP contribution in [-0.4, -0.2) is 82.0 Å². The average Bonchev–Trinajstić information content (AvgIpc) is 0.722. The first-order valence-electron chi connectivity index (χ1n) is 0.730. The minimum absolute atomic E-state index is 0. The van der Waals surface area contributed by atoms with Crippen molar-refractivity contribution in [1.29, 1.82) is 0 Å². The van der Waals surface area contributed by atoms with Gasteiger partial charge in [-0.25, -0.2) is 0 Å². The van der Waals surface area contributed by atoms with Crippen LogP contribution in [0.4, 0.5) is 0 Å². The Morgan fingerprint density at radius 3 is 1.00 bits per heavy atom. The van der Waals surface area contributed by atoms with E-state index >= 15 is 0 Å². The molecule has 0 atom stereocenters. The van der Waals surface area contributed by atoms with Gasteiger partial charge in [0.1, 0.15) is 0 Å². The molecule has 0 unspecified atom stereocenters. The molecule has 42 valence electrons. The topological polar surface area (TPSA) is 118 Å². The van der Waals surface area contributed by atoms with Gasteiger partial charge in [-0.1, -0.05) is 0 Å². The molecule has 0 aliphatic heterocycles. The van der Waals surface area contributed by atoms with E-state index in [9.17, 15) is 0 Å². The summed E-state index contributed by atoms with van der Waals surface area (Å²) in [6.45, 7) is 0. The minimum atomic E-state index is -5.39. The number of phosphoric acid groups is 1. The maximum absolute atomic E-state index is 8.55. The van der Waals surface area contributed by atoms with Crippen LogP contribution in [0.5, 0.6) is 0 Å². The number of rotatable bonds is 0. The number of hydrogen-bond acceptors (Lipinski definition) is 4. The first-order chi connectivity index (χ1) is 2.00. The maximum Gasteiger partial charge on any atom is 3.00 e. The Balaban J connectivity index is -0.0000000133. The molecule has 0 aromatic rings. The second-order valence-corrected chi connectivity index (χ2v) is 1.34. The normalized spacial score (nSPS) is 6.56. The molecule has 0 heterocycles. The van der Waals surface area contributed by atoms with E-state index in [1.807, 2.05) is 0 Å². The molecule has 0 rings (SSSR count). The van der Waals surface area contributed by atoms with Gasteiger partial charge in [-0.2, -0.15) is 7.82 Å². The first kappa shape index (κ1) is 29.9. The molecule has 0 saturated heterocycles. The third-order valence-corrected chi connectivity index (χ3v) is 0. The third-order valence-electron chi connectivity index (χ3n) is 0. The zero-order chi connectivity index (χ0) is 4.50. The van der Waals surface area contributed by atoms with Crippen LogP contribution in [0.3, 0.4) is 0 Å². The van der Waals surface area contributed by atoms with Gasteiger partial charge in [0.2, 0.25) is 0 Å². The molecule has 9 heteroatoms. The van der Waals surface area contributed by atoms with Crippen LogP contribution in [0.2, 0.25) is 0 Å². The Morgan fingerprint density at radius 1 is 1.00 bits per heavy atom. The van der Waals surface area contributed by atoms with Gasteiger partial charge in [0.25, 0.3) is 0 Å². The molecular weight excluding hydrogens is 184 g/mol. The van der Waals surface area contributed by atoms with Gasteiger partial charge in [0.15, 0.2) is 0 Å². The van der Waals surface area contributed by atoms with Crippen LogP contribution in [0.1, 0.15) is 0 Å². The van der Waals surface area contributed by atoms with E-state index in [1.54, 1.807) is 0 Å². The Labute approximate surface area is 107 Å². The molecule has 9 heavy (non-hydrogen) atoms. The molecule has 2 N–H and O–H groups in total.